The Morgan fingerprint density at radius 2 is 1.80 bits per heavy atom. The number of thioether (sulfide) groups is 2. The highest BCUT2D eigenvalue weighted by Crippen LogP contribution is 2.40. The second-order valence-electron chi connectivity index (χ2n) is 11.1. The van der Waals surface area contributed by atoms with Crippen molar-refractivity contribution in [2.45, 2.75) is 77.3 Å². The third kappa shape index (κ3) is 7.44. The molecule has 3 heterocycles. The highest BCUT2D eigenvalue weighted by molar-refractivity contribution is 8.22. The van der Waals surface area contributed by atoms with Gasteiger partial charge >= 0.3 is 0 Å². The van der Waals surface area contributed by atoms with Gasteiger partial charge < -0.3 is 18.6 Å². The van der Waals surface area contributed by atoms with Crippen molar-refractivity contribution in [3.05, 3.63) is 16.7 Å². The van der Waals surface area contributed by atoms with Crippen molar-refractivity contribution in [3.8, 4) is 0 Å². The van der Waals surface area contributed by atoms with Crippen molar-refractivity contribution < 1.29 is 23.4 Å². The fourth-order valence-electron chi connectivity index (χ4n) is 3.59. The van der Waals surface area contributed by atoms with E-state index < -0.39 is 38.4 Å². The summed E-state index contributed by atoms with van der Waals surface area (Å²) >= 11 is 13.4. The first-order chi connectivity index (χ1) is 18.6. The van der Waals surface area contributed by atoms with Gasteiger partial charge in [0.05, 0.1) is 12.9 Å². The predicted molar refractivity (Wildman–Crippen MR) is 171 cm³/mol. The second-order valence-corrected chi connectivity index (χ2v) is 18.7. The molecule has 1 saturated heterocycles. The van der Waals surface area contributed by atoms with E-state index in [0.717, 1.165) is 0 Å². The number of hydrogen-bond donors (Lipinski definition) is 2. The first-order valence-electron chi connectivity index (χ1n) is 12.7. The molecule has 0 aromatic carbocycles. The van der Waals surface area contributed by atoms with E-state index in [9.17, 15) is 9.59 Å². The molecule has 11 nitrogen and oxygen atoms in total. The molecule has 40 heavy (non-hydrogen) atoms. The van der Waals surface area contributed by atoms with Crippen LogP contribution in [0.1, 0.15) is 40.8 Å². The molecule has 1 aliphatic heterocycles. The van der Waals surface area contributed by atoms with E-state index in [1.165, 1.54) is 29.9 Å². The summed E-state index contributed by atoms with van der Waals surface area (Å²) in [5.41, 5.74) is -0.226. The number of carbonyl (C=O) groups is 1. The monoisotopic (exact) mass is 647 g/mol. The minimum atomic E-state index is -2.14. The Bertz CT molecular complexity index is 1310. The molecule has 1 fully saturated rings. The maximum absolute atomic E-state index is 12.8. The van der Waals surface area contributed by atoms with Crippen LogP contribution >= 0.6 is 48.0 Å². The SMILES string of the molecule is CSC(=S)O[C@@H]1[C@H](OC(=S)SC)[C@@H](CO[Si](C)(C)C(C)(C)C)O[C@H]1n1cnc2c(=O)[nH]c(NC(=O)C(C)C)nc21. The van der Waals surface area contributed by atoms with Crippen LogP contribution < -0.4 is 10.9 Å². The average Bonchev–Trinajstić information content (AvgIpc) is 3.43. The number of imidazole rings is 1. The van der Waals surface area contributed by atoms with Gasteiger partial charge in [-0.05, 0) is 55.1 Å². The van der Waals surface area contributed by atoms with Crippen molar-refractivity contribution in [1.29, 1.82) is 0 Å². The van der Waals surface area contributed by atoms with Crippen molar-refractivity contribution in [1.82, 2.24) is 19.5 Å². The molecule has 0 unspecified atom stereocenters. The Labute approximate surface area is 254 Å². The Kier molecular flexibility index (Phi) is 10.8. The molecule has 2 N–H and O–H groups in total. The van der Waals surface area contributed by atoms with Crippen LogP contribution in [-0.4, -0.2) is 79.9 Å². The van der Waals surface area contributed by atoms with E-state index in [2.05, 4.69) is 54.1 Å². The van der Waals surface area contributed by atoms with Crippen LogP contribution in [0.25, 0.3) is 11.2 Å². The van der Waals surface area contributed by atoms with Gasteiger partial charge in [0.25, 0.3) is 5.56 Å². The lowest BCUT2D eigenvalue weighted by molar-refractivity contribution is -0.118. The molecule has 0 spiro atoms. The molecule has 0 bridgehead atoms. The lowest BCUT2D eigenvalue weighted by atomic mass is 10.1. The Hall–Kier alpha value is -1.56. The highest BCUT2D eigenvalue weighted by Gasteiger charge is 2.51. The number of rotatable bonds is 8. The van der Waals surface area contributed by atoms with Gasteiger partial charge in [-0.3, -0.25) is 24.5 Å². The van der Waals surface area contributed by atoms with E-state index in [1.54, 1.807) is 18.4 Å². The van der Waals surface area contributed by atoms with Crippen LogP contribution in [0.5, 0.6) is 0 Å². The molecule has 2 aromatic heterocycles. The number of hydrogen-bond acceptors (Lipinski definition) is 12. The van der Waals surface area contributed by atoms with E-state index >= 15 is 0 Å². The molecular weight excluding hydrogens is 611 g/mol. The van der Waals surface area contributed by atoms with Gasteiger partial charge in [0.1, 0.15) is 6.10 Å². The summed E-state index contributed by atoms with van der Waals surface area (Å²) in [4.78, 5) is 36.4. The standard InChI is InChI=1S/C24H37N5O6S4Si/c1-12(2)18(30)27-21-26-17-14(19(31)28-21)25-11-29(17)20-16(35-23(37)39-7)15(34-22(36)38-6)13(33-20)10-32-40(8,9)24(3,4)5/h11-13,15-16,20H,10H2,1-9H3,(H2,26,27,28,30,31)/t13-,15-,16-,20-/m1/s1. The van der Waals surface area contributed by atoms with Gasteiger partial charge in [0.15, 0.2) is 37.9 Å². The lowest BCUT2D eigenvalue weighted by Gasteiger charge is -2.37. The van der Waals surface area contributed by atoms with Gasteiger partial charge in [0, 0.05) is 5.92 Å². The number of nitrogens with zero attached hydrogens (tertiary/aromatic N) is 3. The van der Waals surface area contributed by atoms with Crippen LogP contribution in [0.4, 0.5) is 5.95 Å². The molecular formula is C24H37N5O6S4Si. The van der Waals surface area contributed by atoms with E-state index in [4.69, 9.17) is 43.1 Å². The van der Waals surface area contributed by atoms with Crippen LogP contribution in [-0.2, 0) is 23.4 Å². The molecule has 16 heteroatoms. The summed E-state index contributed by atoms with van der Waals surface area (Å²) in [6.45, 7) is 14.5. The lowest BCUT2D eigenvalue weighted by Crippen LogP contribution is -2.45. The summed E-state index contributed by atoms with van der Waals surface area (Å²) < 4.78 is 27.6. The van der Waals surface area contributed by atoms with Crippen molar-refractivity contribution >= 4 is 88.1 Å². The topological polar surface area (TPSA) is 130 Å². The number of aromatic amines is 1. The summed E-state index contributed by atoms with van der Waals surface area (Å²) in [6, 6.07) is 0. The fraction of sp³-hybridized carbons (Fsp3) is 0.667. The maximum Gasteiger partial charge on any atom is 0.280 e. The van der Waals surface area contributed by atoms with Crippen LogP contribution in [0.15, 0.2) is 11.1 Å². The van der Waals surface area contributed by atoms with Crippen molar-refractivity contribution in [3.63, 3.8) is 0 Å². The third-order valence-electron chi connectivity index (χ3n) is 6.97. The molecule has 1 aliphatic rings. The van der Waals surface area contributed by atoms with Gasteiger partial charge in [-0.15, -0.1) is 0 Å². The fourth-order valence-corrected chi connectivity index (χ4v) is 5.24. The van der Waals surface area contributed by atoms with E-state index in [1.807, 2.05) is 12.5 Å². The number of carbonyl (C=O) groups excluding carboxylic acids is 1. The number of anilines is 1. The minimum absolute atomic E-state index is 0.00206. The minimum Gasteiger partial charge on any atom is -0.468 e. The number of ether oxygens (including phenoxy) is 3. The normalized spacial score (nSPS) is 21.6. The maximum atomic E-state index is 12.8. The number of amides is 1. The molecule has 0 radical (unpaired) electrons. The third-order valence-corrected chi connectivity index (χ3v) is 13.5. The van der Waals surface area contributed by atoms with Gasteiger partial charge in [0.2, 0.25) is 20.6 Å². The molecule has 4 atom stereocenters. The quantitative estimate of drug-likeness (QED) is 0.304. The average molecular weight is 648 g/mol. The number of aromatic nitrogens is 4. The van der Waals surface area contributed by atoms with Gasteiger partial charge in [-0.2, -0.15) is 4.98 Å². The van der Waals surface area contributed by atoms with Crippen LogP contribution in [0.3, 0.4) is 0 Å². The van der Waals surface area contributed by atoms with Crippen molar-refractivity contribution in [2.24, 2.45) is 5.92 Å². The Balaban J connectivity index is 2.07. The predicted octanol–water partition coefficient (Wildman–Crippen LogP) is 4.70. The second kappa shape index (κ2) is 13.2. The van der Waals surface area contributed by atoms with Gasteiger partial charge in [-0.1, -0.05) is 58.1 Å². The van der Waals surface area contributed by atoms with Gasteiger partial charge in [-0.25, -0.2) is 4.98 Å². The molecule has 1 amide bonds. The number of fused-ring (bicyclic) bond motifs is 1. The molecule has 0 aliphatic carbocycles. The molecule has 2 aromatic rings. The number of nitrogens with one attached hydrogen (secondary N) is 2. The Morgan fingerprint density at radius 3 is 2.35 bits per heavy atom. The zero-order chi connectivity index (χ0) is 30.0. The largest absolute Gasteiger partial charge is 0.468 e. The van der Waals surface area contributed by atoms with Crippen molar-refractivity contribution in [2.75, 3.05) is 24.4 Å². The highest BCUT2D eigenvalue weighted by atomic mass is 32.2. The number of thiocarbonyl (C=S) groups is 2. The summed E-state index contributed by atoms with van der Waals surface area (Å²) in [5, 5.41) is 2.61. The van der Waals surface area contributed by atoms with Crippen LogP contribution in [0.2, 0.25) is 18.1 Å². The smallest absolute Gasteiger partial charge is 0.280 e. The summed E-state index contributed by atoms with van der Waals surface area (Å²) in [5.74, 6) is -0.601. The first kappa shape index (κ1) is 32.9. The van der Waals surface area contributed by atoms with Crippen LogP contribution in [0, 0.1) is 5.92 Å². The molecule has 0 saturated carbocycles. The zero-order valence-corrected chi connectivity index (χ0v) is 28.4. The zero-order valence-electron chi connectivity index (χ0n) is 24.1. The summed E-state index contributed by atoms with van der Waals surface area (Å²) in [6.07, 6.45) is 2.20. The summed E-state index contributed by atoms with van der Waals surface area (Å²) in [7, 11) is -2.14. The van der Waals surface area contributed by atoms with E-state index in [0.29, 0.717) is 4.38 Å². The Morgan fingerprint density at radius 1 is 1.20 bits per heavy atom. The van der Waals surface area contributed by atoms with E-state index in [-0.39, 0.29) is 45.0 Å². The first-order valence-corrected chi connectivity index (χ1v) is 18.8. The number of H-pyrrole nitrogens is 1. The molecule has 3 rings (SSSR count). The molecule has 222 valence electrons.